The summed E-state index contributed by atoms with van der Waals surface area (Å²) in [7, 11) is 2.99. The Bertz CT molecular complexity index is 1270. The van der Waals surface area contributed by atoms with Crippen LogP contribution in [0.5, 0.6) is 0 Å². The van der Waals surface area contributed by atoms with Crippen molar-refractivity contribution in [3.05, 3.63) is 53.6 Å². The standard InChI is InChI=1S/C30H39N5O7/c1-4-35(17-16-26-22-10-8-9-11-23(22)34-30(40)42-26)28(38)24(31-2)12-6-5-7-13-27(37)33-25-18-21(32-29(39)41-3)15-14-20(25)19-36/h8-11,14-15,18-19,24,26,31H,4-7,12-13,16-17H2,1-3H3,(H,32,39)(H,33,37)(H,34,40). The Balaban J connectivity index is 1.44. The lowest BCUT2D eigenvalue weighted by atomic mass is 10.0. The maximum Gasteiger partial charge on any atom is 0.412 e. The Labute approximate surface area is 245 Å². The number of methoxy groups -OCH3 is 1. The highest BCUT2D eigenvalue weighted by molar-refractivity contribution is 5.98. The largest absolute Gasteiger partial charge is 0.453 e. The third-order valence-corrected chi connectivity index (χ3v) is 7.08. The van der Waals surface area contributed by atoms with E-state index < -0.39 is 18.3 Å². The smallest absolute Gasteiger partial charge is 0.412 e. The minimum Gasteiger partial charge on any atom is -0.453 e. The minimum absolute atomic E-state index is 0.0203. The number of ether oxygens (including phenoxy) is 2. The molecule has 42 heavy (non-hydrogen) atoms. The number of rotatable bonds is 15. The fourth-order valence-electron chi connectivity index (χ4n) is 4.78. The van der Waals surface area contributed by atoms with E-state index in [9.17, 15) is 24.0 Å². The molecule has 2 atom stereocenters. The van der Waals surface area contributed by atoms with Crippen LogP contribution in [-0.2, 0) is 19.1 Å². The van der Waals surface area contributed by atoms with Gasteiger partial charge in [0.05, 0.1) is 24.5 Å². The van der Waals surface area contributed by atoms with Crippen LogP contribution in [-0.4, -0.2) is 68.5 Å². The van der Waals surface area contributed by atoms with E-state index in [0.717, 1.165) is 24.1 Å². The molecule has 0 aromatic heterocycles. The van der Waals surface area contributed by atoms with Crippen molar-refractivity contribution in [3.8, 4) is 0 Å². The first-order chi connectivity index (χ1) is 20.3. The van der Waals surface area contributed by atoms with Crippen LogP contribution in [0.3, 0.4) is 0 Å². The molecule has 0 bridgehead atoms. The monoisotopic (exact) mass is 581 g/mol. The lowest BCUT2D eigenvalue weighted by molar-refractivity contribution is -0.133. The number of nitrogens with one attached hydrogen (secondary N) is 4. The SMILES string of the molecule is CCN(CCC1OC(=O)Nc2ccccc21)C(=O)C(CCCCCC(=O)Nc1cc(NC(=O)OC)ccc1C=O)NC. The van der Waals surface area contributed by atoms with Gasteiger partial charge in [0.1, 0.15) is 6.10 Å². The van der Waals surface area contributed by atoms with E-state index in [0.29, 0.717) is 50.0 Å². The van der Waals surface area contributed by atoms with Crippen molar-refractivity contribution in [1.82, 2.24) is 10.2 Å². The van der Waals surface area contributed by atoms with Crippen molar-refractivity contribution in [2.24, 2.45) is 0 Å². The highest BCUT2D eigenvalue weighted by Crippen LogP contribution is 2.32. The Morgan fingerprint density at radius 3 is 2.62 bits per heavy atom. The van der Waals surface area contributed by atoms with Crippen LogP contribution in [0.25, 0.3) is 0 Å². The van der Waals surface area contributed by atoms with Crippen molar-refractivity contribution in [2.75, 3.05) is 43.2 Å². The van der Waals surface area contributed by atoms with Crippen LogP contribution in [0.2, 0.25) is 0 Å². The first-order valence-electron chi connectivity index (χ1n) is 14.1. The molecule has 4 amide bonds. The number of nitrogens with zero attached hydrogens (tertiary/aromatic N) is 1. The van der Waals surface area contributed by atoms with Crippen LogP contribution in [0.15, 0.2) is 42.5 Å². The summed E-state index contributed by atoms with van der Waals surface area (Å²) in [6, 6.07) is 11.6. The van der Waals surface area contributed by atoms with Crippen molar-refractivity contribution < 1.29 is 33.4 Å². The van der Waals surface area contributed by atoms with Crippen molar-refractivity contribution in [1.29, 1.82) is 0 Å². The molecular formula is C30H39N5O7. The number of likely N-dealkylation sites (N-methyl/N-ethyl adjacent to an activating group) is 2. The van der Waals surface area contributed by atoms with Gasteiger partial charge >= 0.3 is 12.2 Å². The molecule has 2 aromatic rings. The number of hydrogen-bond donors (Lipinski definition) is 4. The fraction of sp³-hybridized carbons (Fsp3) is 0.433. The van der Waals surface area contributed by atoms with Gasteiger partial charge in [0, 0.05) is 42.7 Å². The molecule has 0 saturated heterocycles. The van der Waals surface area contributed by atoms with E-state index in [1.165, 1.54) is 25.3 Å². The van der Waals surface area contributed by atoms with Crippen LogP contribution in [0.4, 0.5) is 26.7 Å². The Kier molecular flexibility index (Phi) is 12.3. The van der Waals surface area contributed by atoms with Gasteiger partial charge in [-0.15, -0.1) is 0 Å². The van der Waals surface area contributed by atoms with E-state index in [1.807, 2.05) is 31.2 Å². The molecule has 1 aliphatic rings. The third kappa shape index (κ3) is 9.03. The molecular weight excluding hydrogens is 542 g/mol. The fourth-order valence-corrected chi connectivity index (χ4v) is 4.78. The zero-order valence-electron chi connectivity index (χ0n) is 24.2. The number of carbonyl (C=O) groups is 5. The van der Waals surface area contributed by atoms with Gasteiger partial charge in [-0.2, -0.15) is 0 Å². The zero-order chi connectivity index (χ0) is 30.5. The number of benzene rings is 2. The van der Waals surface area contributed by atoms with Gasteiger partial charge in [-0.25, -0.2) is 9.59 Å². The molecule has 2 aromatic carbocycles. The highest BCUT2D eigenvalue weighted by Gasteiger charge is 2.28. The lowest BCUT2D eigenvalue weighted by Crippen LogP contribution is -2.46. The minimum atomic E-state index is -0.662. The number of hydrogen-bond acceptors (Lipinski definition) is 8. The quantitative estimate of drug-likeness (QED) is 0.174. The maximum atomic E-state index is 13.3. The molecule has 4 N–H and O–H groups in total. The Morgan fingerprint density at radius 1 is 1.12 bits per heavy atom. The number of amides is 4. The van der Waals surface area contributed by atoms with Crippen LogP contribution in [0, 0.1) is 0 Å². The first-order valence-corrected chi connectivity index (χ1v) is 14.1. The lowest BCUT2D eigenvalue weighted by Gasteiger charge is -2.30. The van der Waals surface area contributed by atoms with Crippen molar-refractivity contribution in [3.63, 3.8) is 0 Å². The van der Waals surface area contributed by atoms with E-state index in [-0.39, 0.29) is 29.8 Å². The van der Waals surface area contributed by atoms with Crippen LogP contribution in [0.1, 0.15) is 67.5 Å². The Hall–Kier alpha value is -4.45. The number of para-hydroxylation sites is 1. The number of anilines is 3. The molecule has 0 radical (unpaired) electrons. The van der Waals surface area contributed by atoms with Gasteiger partial charge in [-0.1, -0.05) is 31.0 Å². The van der Waals surface area contributed by atoms with E-state index in [1.54, 1.807) is 11.9 Å². The summed E-state index contributed by atoms with van der Waals surface area (Å²) >= 11 is 0. The van der Waals surface area contributed by atoms with E-state index in [2.05, 4.69) is 26.0 Å². The van der Waals surface area contributed by atoms with Gasteiger partial charge in [-0.3, -0.25) is 25.0 Å². The van der Waals surface area contributed by atoms with Gasteiger partial charge < -0.3 is 25.0 Å². The Morgan fingerprint density at radius 2 is 1.90 bits per heavy atom. The maximum absolute atomic E-state index is 13.3. The summed E-state index contributed by atoms with van der Waals surface area (Å²) < 4.78 is 10.1. The van der Waals surface area contributed by atoms with Crippen LogP contribution >= 0.6 is 0 Å². The molecule has 0 saturated carbocycles. The summed E-state index contributed by atoms with van der Waals surface area (Å²) in [6.45, 7) is 2.89. The normalized spacial score (nSPS) is 14.5. The summed E-state index contributed by atoms with van der Waals surface area (Å²) in [6.07, 6.45) is 2.45. The molecule has 1 heterocycles. The predicted octanol–water partition coefficient (Wildman–Crippen LogP) is 4.70. The zero-order valence-corrected chi connectivity index (χ0v) is 24.2. The highest BCUT2D eigenvalue weighted by atomic mass is 16.6. The number of aldehydes is 1. The summed E-state index contributed by atoms with van der Waals surface area (Å²) in [5.41, 5.74) is 2.59. The molecule has 1 aliphatic heterocycles. The summed E-state index contributed by atoms with van der Waals surface area (Å²) in [5.74, 6) is -0.278. The second-order valence-electron chi connectivity index (χ2n) is 9.84. The van der Waals surface area contributed by atoms with Gasteiger partial charge in [0.15, 0.2) is 6.29 Å². The molecule has 226 valence electrons. The summed E-state index contributed by atoms with van der Waals surface area (Å²) in [5, 5.41) is 11.0. The topological polar surface area (TPSA) is 155 Å². The second-order valence-corrected chi connectivity index (χ2v) is 9.84. The summed E-state index contributed by atoms with van der Waals surface area (Å²) in [4.78, 5) is 62.3. The average molecular weight is 582 g/mol. The molecule has 2 unspecified atom stereocenters. The van der Waals surface area contributed by atoms with E-state index >= 15 is 0 Å². The molecule has 0 aliphatic carbocycles. The number of unbranched alkanes of at least 4 members (excludes halogenated alkanes) is 2. The van der Waals surface area contributed by atoms with Crippen LogP contribution < -0.4 is 21.3 Å². The third-order valence-electron chi connectivity index (χ3n) is 7.08. The number of fused-ring (bicyclic) bond motifs is 1. The molecule has 12 heteroatoms. The van der Waals surface area contributed by atoms with Gasteiger partial charge in [0.25, 0.3) is 0 Å². The molecule has 12 nitrogen and oxygen atoms in total. The number of carbonyl (C=O) groups excluding carboxylic acids is 5. The van der Waals surface area contributed by atoms with Crippen molar-refractivity contribution in [2.45, 2.75) is 57.6 Å². The molecule has 0 spiro atoms. The average Bonchev–Trinajstić information content (AvgIpc) is 2.99. The predicted molar refractivity (Wildman–Crippen MR) is 159 cm³/mol. The van der Waals surface area contributed by atoms with Crippen molar-refractivity contribution >= 4 is 47.3 Å². The number of cyclic esters (lactones) is 1. The van der Waals surface area contributed by atoms with Gasteiger partial charge in [0.2, 0.25) is 11.8 Å². The van der Waals surface area contributed by atoms with Gasteiger partial charge in [-0.05, 0) is 51.1 Å². The second kappa shape index (κ2) is 16.1. The molecule has 0 fully saturated rings. The molecule has 3 rings (SSSR count). The first kappa shape index (κ1) is 32.1. The van der Waals surface area contributed by atoms with E-state index in [4.69, 9.17) is 4.74 Å².